The van der Waals surface area contributed by atoms with Gasteiger partial charge in [-0.2, -0.15) is 0 Å². The zero-order valence-corrected chi connectivity index (χ0v) is 7.04. The van der Waals surface area contributed by atoms with Crippen molar-refractivity contribution >= 4 is 5.95 Å². The van der Waals surface area contributed by atoms with Crippen LogP contribution in [-0.4, -0.2) is 34.1 Å². The number of nitrogens with one attached hydrogen (secondary N) is 1. The lowest BCUT2D eigenvalue weighted by Crippen LogP contribution is -2.31. The van der Waals surface area contributed by atoms with Crippen LogP contribution in [-0.2, 0) is 0 Å². The van der Waals surface area contributed by atoms with E-state index in [0.29, 0.717) is 0 Å². The van der Waals surface area contributed by atoms with Crippen molar-refractivity contribution in [3.05, 3.63) is 18.2 Å². The summed E-state index contributed by atoms with van der Waals surface area (Å²) in [5.41, 5.74) is 0. The lowest BCUT2D eigenvalue weighted by molar-refractivity contribution is -0.0374. The van der Waals surface area contributed by atoms with Crippen molar-refractivity contribution in [3.63, 3.8) is 0 Å². The van der Waals surface area contributed by atoms with Gasteiger partial charge in [-0.15, -0.1) is 0 Å². The number of aromatic nitrogens is 2. The van der Waals surface area contributed by atoms with Gasteiger partial charge in [-0.25, -0.2) is 23.1 Å². The molecule has 0 fully saturated rings. The molecule has 14 heavy (non-hydrogen) atoms. The van der Waals surface area contributed by atoms with Crippen molar-refractivity contribution in [2.24, 2.45) is 0 Å². The van der Waals surface area contributed by atoms with Gasteiger partial charge in [0.05, 0.1) is 18.9 Å². The number of nitrogens with zero attached hydrogens (tertiary/aromatic N) is 2. The highest BCUT2D eigenvalue weighted by Crippen LogP contribution is 2.12. The Hall–Kier alpha value is -1.37. The molecule has 0 bridgehead atoms. The number of anilines is 1. The third kappa shape index (κ3) is 3.17. The average Bonchev–Trinajstić information content (AvgIpc) is 2.17. The molecular formula is C7H8F3N3O. The number of alkyl halides is 2. The molecule has 1 heterocycles. The summed E-state index contributed by atoms with van der Waals surface area (Å²) >= 11 is 0. The molecule has 0 amide bonds. The fraction of sp³-hybridized carbons (Fsp3) is 0.429. The number of hydrogen-bond acceptors (Lipinski definition) is 4. The standard InChI is InChI=1S/C7H8F3N3O/c8-5-1-11-6(12-2-5)13-3-7(9,10)4-14/h1-2,14H,3-4H2,(H,11,12,13). The summed E-state index contributed by atoms with van der Waals surface area (Å²) < 4.78 is 37.2. The van der Waals surface area contributed by atoms with Gasteiger partial charge in [0.25, 0.3) is 5.92 Å². The maximum atomic E-state index is 12.5. The minimum absolute atomic E-state index is 0.112. The molecule has 0 aliphatic rings. The van der Waals surface area contributed by atoms with E-state index in [4.69, 9.17) is 5.11 Å². The number of halogens is 3. The Balaban J connectivity index is 2.50. The van der Waals surface area contributed by atoms with E-state index in [9.17, 15) is 13.2 Å². The quantitative estimate of drug-likeness (QED) is 0.761. The number of hydrogen-bond donors (Lipinski definition) is 2. The maximum Gasteiger partial charge on any atom is 0.287 e. The molecule has 4 nitrogen and oxygen atoms in total. The molecule has 78 valence electrons. The molecule has 0 saturated heterocycles. The van der Waals surface area contributed by atoms with E-state index in [-0.39, 0.29) is 5.95 Å². The van der Waals surface area contributed by atoms with E-state index in [1.54, 1.807) is 0 Å². The van der Waals surface area contributed by atoms with Crippen LogP contribution in [0.5, 0.6) is 0 Å². The van der Waals surface area contributed by atoms with Gasteiger partial charge in [0.15, 0.2) is 5.82 Å². The first-order chi connectivity index (χ1) is 6.53. The summed E-state index contributed by atoms with van der Waals surface area (Å²) in [5.74, 6) is -4.00. The van der Waals surface area contributed by atoms with E-state index in [2.05, 4.69) is 15.3 Å². The molecule has 0 atom stereocenters. The second-order valence-corrected chi connectivity index (χ2v) is 2.59. The van der Waals surface area contributed by atoms with Gasteiger partial charge < -0.3 is 10.4 Å². The minimum atomic E-state index is -3.24. The van der Waals surface area contributed by atoms with Crippen LogP contribution < -0.4 is 5.32 Å². The Kier molecular flexibility index (Phi) is 3.23. The Bertz CT molecular complexity index is 291. The van der Waals surface area contributed by atoms with Gasteiger partial charge in [0.2, 0.25) is 5.95 Å². The topological polar surface area (TPSA) is 58.0 Å². The molecular weight excluding hydrogens is 199 g/mol. The van der Waals surface area contributed by atoms with Crippen molar-refractivity contribution in [1.29, 1.82) is 0 Å². The monoisotopic (exact) mass is 207 g/mol. The summed E-state index contributed by atoms with van der Waals surface area (Å²) in [6.45, 7) is -2.06. The molecule has 1 rings (SSSR count). The summed E-state index contributed by atoms with van der Waals surface area (Å²) in [6.07, 6.45) is 1.71. The second-order valence-electron chi connectivity index (χ2n) is 2.59. The van der Waals surface area contributed by atoms with Crippen molar-refractivity contribution in [2.45, 2.75) is 5.92 Å². The van der Waals surface area contributed by atoms with Crippen molar-refractivity contribution < 1.29 is 18.3 Å². The molecule has 0 saturated carbocycles. The highest BCUT2D eigenvalue weighted by atomic mass is 19.3. The van der Waals surface area contributed by atoms with E-state index in [0.717, 1.165) is 12.4 Å². The Morgan fingerprint density at radius 3 is 2.43 bits per heavy atom. The van der Waals surface area contributed by atoms with Gasteiger partial charge in [-0.1, -0.05) is 0 Å². The van der Waals surface area contributed by atoms with Crippen molar-refractivity contribution in [2.75, 3.05) is 18.5 Å². The summed E-state index contributed by atoms with van der Waals surface area (Å²) in [6, 6.07) is 0. The zero-order chi connectivity index (χ0) is 10.6. The summed E-state index contributed by atoms with van der Waals surface area (Å²) in [5, 5.41) is 10.4. The lowest BCUT2D eigenvalue weighted by atomic mass is 10.3. The summed E-state index contributed by atoms with van der Waals surface area (Å²) in [4.78, 5) is 6.81. The third-order valence-electron chi connectivity index (χ3n) is 1.36. The predicted molar refractivity (Wildman–Crippen MR) is 42.5 cm³/mol. The number of aliphatic hydroxyl groups is 1. The van der Waals surface area contributed by atoms with E-state index in [1.807, 2.05) is 0 Å². The second kappa shape index (κ2) is 4.23. The van der Waals surface area contributed by atoms with Gasteiger partial charge >= 0.3 is 0 Å². The molecule has 0 radical (unpaired) electrons. The van der Waals surface area contributed by atoms with Crippen LogP contribution in [0.1, 0.15) is 0 Å². The fourth-order valence-corrected chi connectivity index (χ4v) is 0.668. The Morgan fingerprint density at radius 1 is 1.36 bits per heavy atom. The SMILES string of the molecule is OCC(F)(F)CNc1ncc(F)cn1. The van der Waals surface area contributed by atoms with Crippen LogP contribution in [0.4, 0.5) is 19.1 Å². The molecule has 7 heteroatoms. The van der Waals surface area contributed by atoms with Crippen LogP contribution in [0.15, 0.2) is 12.4 Å². The Labute approximate surface area is 77.8 Å². The molecule has 1 aromatic heterocycles. The maximum absolute atomic E-state index is 12.5. The van der Waals surface area contributed by atoms with Gasteiger partial charge in [-0.3, -0.25) is 0 Å². The predicted octanol–water partition coefficient (Wildman–Crippen LogP) is 0.655. The minimum Gasteiger partial charge on any atom is -0.390 e. The van der Waals surface area contributed by atoms with Crippen LogP contribution in [0.25, 0.3) is 0 Å². The van der Waals surface area contributed by atoms with E-state index < -0.39 is 24.9 Å². The first-order valence-electron chi connectivity index (χ1n) is 3.73. The van der Waals surface area contributed by atoms with Crippen LogP contribution in [0.3, 0.4) is 0 Å². The molecule has 0 aliphatic carbocycles. The third-order valence-corrected chi connectivity index (χ3v) is 1.36. The number of aliphatic hydroxyl groups excluding tert-OH is 1. The highest BCUT2D eigenvalue weighted by molar-refractivity contribution is 5.22. The largest absolute Gasteiger partial charge is 0.390 e. The van der Waals surface area contributed by atoms with Crippen molar-refractivity contribution in [1.82, 2.24) is 9.97 Å². The fourth-order valence-electron chi connectivity index (χ4n) is 0.668. The van der Waals surface area contributed by atoms with Gasteiger partial charge in [0.1, 0.15) is 6.61 Å². The summed E-state index contributed by atoms with van der Waals surface area (Å²) in [7, 11) is 0. The Morgan fingerprint density at radius 2 is 1.93 bits per heavy atom. The van der Waals surface area contributed by atoms with Crippen LogP contribution in [0.2, 0.25) is 0 Å². The lowest BCUT2D eigenvalue weighted by Gasteiger charge is -2.13. The average molecular weight is 207 g/mol. The van der Waals surface area contributed by atoms with E-state index >= 15 is 0 Å². The van der Waals surface area contributed by atoms with E-state index in [1.165, 1.54) is 0 Å². The first-order valence-corrected chi connectivity index (χ1v) is 3.73. The highest BCUT2D eigenvalue weighted by Gasteiger charge is 2.27. The molecule has 0 aliphatic heterocycles. The van der Waals surface area contributed by atoms with Crippen LogP contribution >= 0.6 is 0 Å². The molecule has 2 N–H and O–H groups in total. The van der Waals surface area contributed by atoms with Crippen molar-refractivity contribution in [3.8, 4) is 0 Å². The normalized spacial score (nSPS) is 11.4. The first kappa shape index (κ1) is 10.7. The zero-order valence-electron chi connectivity index (χ0n) is 7.04. The number of rotatable bonds is 4. The van der Waals surface area contributed by atoms with Gasteiger partial charge in [-0.05, 0) is 0 Å². The molecule has 0 aromatic carbocycles. The molecule has 0 unspecified atom stereocenters. The van der Waals surface area contributed by atoms with Gasteiger partial charge in [0, 0.05) is 0 Å². The molecule has 1 aromatic rings. The van der Waals surface area contributed by atoms with Crippen LogP contribution in [0, 0.1) is 5.82 Å². The smallest absolute Gasteiger partial charge is 0.287 e. The molecule has 0 spiro atoms.